The van der Waals surface area contributed by atoms with Gasteiger partial charge in [-0.25, -0.2) is 4.98 Å². The number of rotatable bonds is 3. The number of ether oxygens (including phenoxy) is 1. The number of carbonyl (C=O) groups is 1. The maximum atomic E-state index is 12.5. The zero-order valence-electron chi connectivity index (χ0n) is 12.2. The number of thiophene rings is 1. The van der Waals surface area contributed by atoms with E-state index in [2.05, 4.69) is 10.3 Å². The first-order chi connectivity index (χ1) is 11.3. The number of amides is 1. The van der Waals surface area contributed by atoms with Crippen LogP contribution in [0.15, 0.2) is 46.5 Å². The van der Waals surface area contributed by atoms with Crippen LogP contribution in [-0.4, -0.2) is 17.5 Å². The van der Waals surface area contributed by atoms with Crippen molar-refractivity contribution in [2.45, 2.75) is 12.5 Å². The van der Waals surface area contributed by atoms with Crippen LogP contribution >= 0.6 is 22.7 Å². The Bertz CT molecular complexity index is 827. The van der Waals surface area contributed by atoms with Gasteiger partial charge in [0.2, 0.25) is 0 Å². The molecule has 0 aliphatic carbocycles. The lowest BCUT2D eigenvalue weighted by atomic mass is 10.0. The third-order valence-electron chi connectivity index (χ3n) is 3.77. The number of nitrogens with zero attached hydrogens (tertiary/aromatic N) is 1. The number of benzene rings is 1. The Morgan fingerprint density at radius 3 is 3.04 bits per heavy atom. The Kier molecular flexibility index (Phi) is 3.85. The second-order valence-corrected chi connectivity index (χ2v) is 6.89. The number of aromatic nitrogens is 1. The molecule has 1 amide bonds. The SMILES string of the molecule is O=C(N[C@H]1CCOc2ccccc21)c1csc(-c2ccsc2)n1. The Hall–Kier alpha value is -2.18. The fourth-order valence-electron chi connectivity index (χ4n) is 2.62. The number of hydrogen-bond acceptors (Lipinski definition) is 5. The van der Waals surface area contributed by atoms with Gasteiger partial charge >= 0.3 is 0 Å². The molecule has 0 saturated carbocycles. The van der Waals surface area contributed by atoms with Crippen molar-refractivity contribution in [1.82, 2.24) is 10.3 Å². The van der Waals surface area contributed by atoms with Gasteiger partial charge in [-0.05, 0) is 17.5 Å². The van der Waals surface area contributed by atoms with Crippen molar-refractivity contribution >= 4 is 28.6 Å². The van der Waals surface area contributed by atoms with Crippen LogP contribution in [0.1, 0.15) is 28.5 Å². The molecule has 116 valence electrons. The van der Waals surface area contributed by atoms with E-state index in [1.54, 1.807) is 11.3 Å². The van der Waals surface area contributed by atoms with Crippen LogP contribution in [0.25, 0.3) is 10.6 Å². The number of hydrogen-bond donors (Lipinski definition) is 1. The Labute approximate surface area is 141 Å². The fraction of sp³-hybridized carbons (Fsp3) is 0.176. The molecule has 0 saturated heterocycles. The van der Waals surface area contributed by atoms with Crippen LogP contribution in [0, 0.1) is 0 Å². The molecule has 4 rings (SSSR count). The van der Waals surface area contributed by atoms with Crippen molar-refractivity contribution in [2.24, 2.45) is 0 Å². The van der Waals surface area contributed by atoms with Gasteiger partial charge in [0.15, 0.2) is 0 Å². The number of fused-ring (bicyclic) bond motifs is 1. The molecule has 0 radical (unpaired) electrons. The topological polar surface area (TPSA) is 51.2 Å². The third-order valence-corrected chi connectivity index (χ3v) is 5.34. The molecule has 0 fully saturated rings. The van der Waals surface area contributed by atoms with Crippen LogP contribution < -0.4 is 10.1 Å². The Balaban J connectivity index is 1.53. The lowest BCUT2D eigenvalue weighted by Gasteiger charge is -2.26. The monoisotopic (exact) mass is 342 g/mol. The zero-order valence-corrected chi connectivity index (χ0v) is 13.8. The van der Waals surface area contributed by atoms with Gasteiger partial charge in [0.1, 0.15) is 16.5 Å². The van der Waals surface area contributed by atoms with E-state index in [0.717, 1.165) is 28.3 Å². The molecule has 0 spiro atoms. The van der Waals surface area contributed by atoms with Crippen LogP contribution in [0.3, 0.4) is 0 Å². The largest absolute Gasteiger partial charge is 0.493 e. The highest BCUT2D eigenvalue weighted by Gasteiger charge is 2.24. The summed E-state index contributed by atoms with van der Waals surface area (Å²) in [5.74, 6) is 0.714. The van der Waals surface area contributed by atoms with E-state index in [-0.39, 0.29) is 11.9 Å². The van der Waals surface area contributed by atoms with E-state index in [9.17, 15) is 4.79 Å². The lowest BCUT2D eigenvalue weighted by Crippen LogP contribution is -2.32. The summed E-state index contributed by atoms with van der Waals surface area (Å²) in [6.45, 7) is 0.610. The number of nitrogens with one attached hydrogen (secondary N) is 1. The van der Waals surface area contributed by atoms with Crippen LogP contribution in [0.4, 0.5) is 0 Å². The summed E-state index contributed by atoms with van der Waals surface area (Å²) in [5.41, 5.74) is 2.57. The zero-order chi connectivity index (χ0) is 15.6. The maximum Gasteiger partial charge on any atom is 0.271 e. The summed E-state index contributed by atoms with van der Waals surface area (Å²) in [7, 11) is 0. The van der Waals surface area contributed by atoms with E-state index in [1.165, 1.54) is 11.3 Å². The number of thiazole rings is 1. The predicted octanol–water partition coefficient (Wildman–Crippen LogP) is 4.13. The van der Waals surface area contributed by atoms with E-state index in [4.69, 9.17) is 4.74 Å². The van der Waals surface area contributed by atoms with Crippen molar-refractivity contribution in [1.29, 1.82) is 0 Å². The van der Waals surface area contributed by atoms with Gasteiger partial charge in [-0.2, -0.15) is 11.3 Å². The molecule has 23 heavy (non-hydrogen) atoms. The standard InChI is InChI=1S/C17H14N2O2S2/c20-16(14-10-23-17(19-14)11-6-8-22-9-11)18-13-5-7-21-15-4-2-1-3-12(13)15/h1-4,6,8-10,13H,5,7H2,(H,18,20)/t13-/m0/s1. The summed E-state index contributed by atoms with van der Waals surface area (Å²) in [4.78, 5) is 17.0. The summed E-state index contributed by atoms with van der Waals surface area (Å²) in [5, 5.41) is 9.82. The minimum atomic E-state index is -0.135. The molecular weight excluding hydrogens is 328 g/mol. The highest BCUT2D eigenvalue weighted by Crippen LogP contribution is 2.32. The van der Waals surface area contributed by atoms with Gasteiger partial charge in [-0.3, -0.25) is 4.79 Å². The molecular formula is C17H14N2O2S2. The van der Waals surface area contributed by atoms with Gasteiger partial charge in [-0.1, -0.05) is 18.2 Å². The average molecular weight is 342 g/mol. The molecule has 1 N–H and O–H groups in total. The second-order valence-electron chi connectivity index (χ2n) is 5.25. The first-order valence-corrected chi connectivity index (χ1v) is 9.14. The van der Waals surface area contributed by atoms with E-state index in [1.807, 2.05) is 46.5 Å². The molecule has 1 aliphatic heterocycles. The first-order valence-electron chi connectivity index (χ1n) is 7.32. The van der Waals surface area contributed by atoms with Crippen molar-refractivity contribution < 1.29 is 9.53 Å². The Morgan fingerprint density at radius 1 is 1.26 bits per heavy atom. The maximum absolute atomic E-state index is 12.5. The van der Waals surface area contributed by atoms with E-state index < -0.39 is 0 Å². The molecule has 6 heteroatoms. The fourth-order valence-corrected chi connectivity index (χ4v) is 4.13. The summed E-state index contributed by atoms with van der Waals surface area (Å²) >= 11 is 3.12. The molecule has 0 unspecified atom stereocenters. The Morgan fingerprint density at radius 2 is 2.17 bits per heavy atom. The highest BCUT2D eigenvalue weighted by atomic mass is 32.1. The molecule has 4 nitrogen and oxygen atoms in total. The van der Waals surface area contributed by atoms with E-state index in [0.29, 0.717) is 12.3 Å². The first kappa shape index (κ1) is 14.4. The summed E-state index contributed by atoms with van der Waals surface area (Å²) in [6, 6.07) is 9.82. The number of carbonyl (C=O) groups excluding carboxylic acids is 1. The molecule has 3 heterocycles. The normalized spacial score (nSPS) is 16.4. The smallest absolute Gasteiger partial charge is 0.271 e. The van der Waals surface area contributed by atoms with Gasteiger partial charge < -0.3 is 10.1 Å². The summed E-state index contributed by atoms with van der Waals surface area (Å²) < 4.78 is 5.63. The van der Waals surface area contributed by atoms with Crippen LogP contribution in [0.5, 0.6) is 5.75 Å². The quantitative estimate of drug-likeness (QED) is 0.779. The number of para-hydroxylation sites is 1. The summed E-state index contributed by atoms with van der Waals surface area (Å²) in [6.07, 6.45) is 0.768. The predicted molar refractivity (Wildman–Crippen MR) is 92.2 cm³/mol. The van der Waals surface area contributed by atoms with Gasteiger partial charge in [0, 0.05) is 28.3 Å². The van der Waals surface area contributed by atoms with Crippen molar-refractivity contribution in [3.05, 3.63) is 57.7 Å². The third kappa shape index (κ3) is 2.87. The molecule has 3 aromatic rings. The van der Waals surface area contributed by atoms with Crippen molar-refractivity contribution in [2.75, 3.05) is 6.61 Å². The molecule has 1 aliphatic rings. The van der Waals surface area contributed by atoms with E-state index >= 15 is 0 Å². The van der Waals surface area contributed by atoms with Crippen molar-refractivity contribution in [3.8, 4) is 16.3 Å². The van der Waals surface area contributed by atoms with Gasteiger partial charge in [0.05, 0.1) is 12.6 Å². The highest BCUT2D eigenvalue weighted by molar-refractivity contribution is 7.14. The molecule has 1 aromatic carbocycles. The van der Waals surface area contributed by atoms with Gasteiger partial charge in [-0.15, -0.1) is 11.3 Å². The van der Waals surface area contributed by atoms with Gasteiger partial charge in [0.25, 0.3) is 5.91 Å². The molecule has 0 bridgehead atoms. The minimum Gasteiger partial charge on any atom is -0.493 e. The minimum absolute atomic E-state index is 0.0289. The molecule has 1 atom stereocenters. The second kappa shape index (κ2) is 6.14. The average Bonchev–Trinajstić information content (AvgIpc) is 3.26. The van der Waals surface area contributed by atoms with Crippen molar-refractivity contribution in [3.63, 3.8) is 0 Å². The molecule has 2 aromatic heterocycles. The van der Waals surface area contributed by atoms with Crippen LogP contribution in [0.2, 0.25) is 0 Å². The lowest BCUT2D eigenvalue weighted by molar-refractivity contribution is 0.0920. The van der Waals surface area contributed by atoms with Crippen LogP contribution in [-0.2, 0) is 0 Å².